The number of carbonyl (C=O) groups is 2. The number of hydrogen-bond acceptors (Lipinski definition) is 6. The molecule has 6 rings (SSSR count). The number of anilines is 1. The van der Waals surface area contributed by atoms with Gasteiger partial charge in [0.1, 0.15) is 11.5 Å². The molecule has 2 N–H and O–H groups in total. The number of hydrogen-bond donors (Lipinski definition) is 2. The molecule has 0 unspecified atom stereocenters. The summed E-state index contributed by atoms with van der Waals surface area (Å²) in [5.41, 5.74) is -3.91. The summed E-state index contributed by atoms with van der Waals surface area (Å²) in [7, 11) is 0. The normalized spacial score (nSPS) is 28.6. The third-order valence-corrected chi connectivity index (χ3v) is 8.67. The van der Waals surface area contributed by atoms with Crippen LogP contribution in [-0.4, -0.2) is 34.4 Å². The lowest BCUT2D eigenvalue weighted by atomic mass is 9.64. The van der Waals surface area contributed by atoms with Crippen molar-refractivity contribution in [1.29, 1.82) is 0 Å². The van der Waals surface area contributed by atoms with Crippen molar-refractivity contribution in [3.63, 3.8) is 0 Å². The molecular formula is C31H25F6NO6. The molecule has 2 amide bonds. The van der Waals surface area contributed by atoms with Crippen LogP contribution in [0.25, 0.3) is 0 Å². The predicted molar refractivity (Wildman–Crippen MR) is 141 cm³/mol. The van der Waals surface area contributed by atoms with E-state index >= 15 is 0 Å². The monoisotopic (exact) mass is 621 g/mol. The fourth-order valence-corrected chi connectivity index (χ4v) is 6.66. The van der Waals surface area contributed by atoms with Gasteiger partial charge in [0.15, 0.2) is 5.79 Å². The Balaban J connectivity index is 1.40. The number of halogens is 6. The highest BCUT2D eigenvalue weighted by atomic mass is 19.4. The molecule has 2 aliphatic heterocycles. The van der Waals surface area contributed by atoms with E-state index in [2.05, 4.69) is 0 Å². The molecule has 0 spiro atoms. The largest absolute Gasteiger partial charge is 0.508 e. The van der Waals surface area contributed by atoms with Gasteiger partial charge in [0.2, 0.25) is 11.8 Å². The number of imide groups is 1. The Kier molecular flexibility index (Phi) is 7.16. The van der Waals surface area contributed by atoms with Crippen molar-refractivity contribution in [2.45, 2.75) is 37.1 Å². The Bertz CT molecular complexity index is 1560. The van der Waals surface area contributed by atoms with Crippen LogP contribution in [-0.2, 0) is 26.7 Å². The topological polar surface area (TPSA) is 96.3 Å². The van der Waals surface area contributed by atoms with Crippen molar-refractivity contribution in [2.75, 3.05) is 11.5 Å². The zero-order valence-electron chi connectivity index (χ0n) is 22.7. The lowest BCUT2D eigenvalue weighted by Crippen LogP contribution is -2.55. The molecule has 1 aliphatic carbocycles. The van der Waals surface area contributed by atoms with Gasteiger partial charge in [0.25, 0.3) is 0 Å². The molecule has 7 nitrogen and oxygen atoms in total. The van der Waals surface area contributed by atoms with Crippen molar-refractivity contribution < 1.29 is 55.6 Å². The van der Waals surface area contributed by atoms with E-state index in [0.29, 0.717) is 28.3 Å². The van der Waals surface area contributed by atoms with Gasteiger partial charge < -0.3 is 19.7 Å². The summed E-state index contributed by atoms with van der Waals surface area (Å²) >= 11 is 0. The zero-order chi connectivity index (χ0) is 31.6. The lowest BCUT2D eigenvalue weighted by Gasteiger charge is -2.44. The van der Waals surface area contributed by atoms with Gasteiger partial charge in [-0.25, -0.2) is 0 Å². The van der Waals surface area contributed by atoms with Crippen molar-refractivity contribution in [3.8, 4) is 11.5 Å². The molecule has 6 atom stereocenters. The number of amides is 2. The van der Waals surface area contributed by atoms with E-state index in [0.717, 1.165) is 0 Å². The fourth-order valence-electron chi connectivity index (χ4n) is 6.66. The smallest absolute Gasteiger partial charge is 0.416 e. The van der Waals surface area contributed by atoms with E-state index in [1.165, 1.54) is 6.07 Å². The highest BCUT2D eigenvalue weighted by Crippen LogP contribution is 2.59. The summed E-state index contributed by atoms with van der Waals surface area (Å²) in [4.78, 5) is 27.9. The fraction of sp³-hybridized carbons (Fsp3) is 0.355. The minimum absolute atomic E-state index is 0.0691. The number of benzene rings is 3. The Hall–Kier alpha value is -4.10. The molecule has 2 saturated heterocycles. The van der Waals surface area contributed by atoms with Gasteiger partial charge in [-0.1, -0.05) is 36.4 Å². The number of aromatic hydroxyl groups is 1. The molecule has 0 bridgehead atoms. The van der Waals surface area contributed by atoms with Crippen LogP contribution in [0.5, 0.6) is 11.5 Å². The molecule has 3 fully saturated rings. The summed E-state index contributed by atoms with van der Waals surface area (Å²) < 4.78 is 93.7. The Morgan fingerprint density at radius 1 is 0.864 bits per heavy atom. The van der Waals surface area contributed by atoms with Crippen molar-refractivity contribution in [3.05, 3.63) is 89.5 Å². The molecule has 0 radical (unpaired) electrons. The van der Waals surface area contributed by atoms with Crippen LogP contribution >= 0.6 is 0 Å². The molecule has 44 heavy (non-hydrogen) atoms. The van der Waals surface area contributed by atoms with Crippen LogP contribution in [0.2, 0.25) is 0 Å². The molecule has 0 aromatic heterocycles. The third-order valence-electron chi connectivity index (χ3n) is 8.67. The van der Waals surface area contributed by atoms with Crippen LogP contribution in [0, 0.1) is 23.7 Å². The van der Waals surface area contributed by atoms with E-state index in [1.54, 1.807) is 48.5 Å². The van der Waals surface area contributed by atoms with Crippen molar-refractivity contribution >= 4 is 17.5 Å². The maximum atomic E-state index is 13.8. The van der Waals surface area contributed by atoms with Gasteiger partial charge in [0.05, 0.1) is 41.4 Å². The van der Waals surface area contributed by atoms with E-state index in [1.807, 2.05) is 0 Å². The summed E-state index contributed by atoms with van der Waals surface area (Å²) in [5.74, 6) is -8.37. The second-order valence-corrected chi connectivity index (χ2v) is 11.2. The molecule has 2 heterocycles. The van der Waals surface area contributed by atoms with Crippen LogP contribution in [0.4, 0.5) is 32.0 Å². The lowest BCUT2D eigenvalue weighted by molar-refractivity contribution is -0.272. The van der Waals surface area contributed by atoms with Crippen LogP contribution in [0.1, 0.15) is 35.6 Å². The van der Waals surface area contributed by atoms with Gasteiger partial charge in [0, 0.05) is 17.4 Å². The average Bonchev–Trinajstić information content (AvgIpc) is 3.44. The Morgan fingerprint density at radius 2 is 1.48 bits per heavy atom. The molecule has 3 aromatic carbocycles. The number of phenols is 1. The second-order valence-electron chi connectivity index (χ2n) is 11.2. The first-order chi connectivity index (χ1) is 20.7. The summed E-state index contributed by atoms with van der Waals surface area (Å²) in [6, 6.07) is 15.2. The van der Waals surface area contributed by atoms with Crippen LogP contribution in [0.3, 0.4) is 0 Å². The number of carbonyl (C=O) groups excluding carboxylic acids is 2. The SMILES string of the molecule is O=C1[C@H]2[C@H](C[C@H](COc3ccccc3)[C@@]3(O)O[C@H](c4ccccc4O)C[C@@H]23)C(=O)N1c1cc(C(F)(F)F)cc(C(F)(F)F)c1. The van der Waals surface area contributed by atoms with E-state index in [4.69, 9.17) is 9.47 Å². The van der Waals surface area contributed by atoms with Gasteiger partial charge >= 0.3 is 12.4 Å². The molecule has 3 aliphatic rings. The average molecular weight is 622 g/mol. The number of aliphatic hydroxyl groups is 1. The van der Waals surface area contributed by atoms with Gasteiger partial charge in [-0.3, -0.25) is 14.5 Å². The minimum atomic E-state index is -5.20. The molecule has 1 saturated carbocycles. The third kappa shape index (κ3) is 5.07. The van der Waals surface area contributed by atoms with E-state index < -0.39 is 76.5 Å². The zero-order valence-corrected chi connectivity index (χ0v) is 22.7. The first-order valence-electron chi connectivity index (χ1n) is 13.7. The van der Waals surface area contributed by atoms with Gasteiger partial charge in [-0.2, -0.15) is 26.3 Å². The predicted octanol–water partition coefficient (Wildman–Crippen LogP) is 6.10. The Labute approximate surface area is 246 Å². The minimum Gasteiger partial charge on any atom is -0.508 e. The number of phenolic OH excluding ortho intramolecular Hbond substituents is 1. The first kappa shape index (κ1) is 29.9. The van der Waals surface area contributed by atoms with Gasteiger partial charge in [-0.15, -0.1) is 0 Å². The number of rotatable bonds is 5. The Morgan fingerprint density at radius 3 is 2.09 bits per heavy atom. The molecule has 232 valence electrons. The second kappa shape index (κ2) is 10.5. The van der Waals surface area contributed by atoms with Crippen LogP contribution in [0.15, 0.2) is 72.8 Å². The quantitative estimate of drug-likeness (QED) is 0.264. The molecule has 13 heteroatoms. The number of alkyl halides is 6. The number of nitrogens with zero attached hydrogens (tertiary/aromatic N) is 1. The highest BCUT2D eigenvalue weighted by Gasteiger charge is 2.67. The number of ether oxygens (including phenoxy) is 2. The van der Waals surface area contributed by atoms with E-state index in [9.17, 15) is 46.1 Å². The summed E-state index contributed by atoms with van der Waals surface area (Å²) in [6.45, 7) is -0.184. The maximum absolute atomic E-state index is 13.8. The van der Waals surface area contributed by atoms with Crippen LogP contribution < -0.4 is 9.64 Å². The summed E-state index contributed by atoms with van der Waals surface area (Å²) in [5, 5.41) is 22.5. The highest BCUT2D eigenvalue weighted by molar-refractivity contribution is 6.22. The number of fused-ring (bicyclic) bond motifs is 3. The van der Waals surface area contributed by atoms with Crippen molar-refractivity contribution in [1.82, 2.24) is 0 Å². The van der Waals surface area contributed by atoms with E-state index in [-0.39, 0.29) is 31.3 Å². The number of para-hydroxylation sites is 2. The molecular weight excluding hydrogens is 596 g/mol. The summed E-state index contributed by atoms with van der Waals surface area (Å²) in [6.07, 6.45) is -11.6. The standard InChI is InChI=1S/C31H25F6NO6/c32-30(33,34)16-10-17(31(35,36)37)12-19(11-16)38-27(40)22-13-18(15-43-20-6-2-1-3-7-20)29(42)23(26(22)28(38)41)14-25(44-29)21-8-4-5-9-24(21)39/h1-12,18,22-23,25-26,39,42H,13-15H2/t18-,22+,23+,25+,26+,29-/m1/s1. The van der Waals surface area contributed by atoms with Gasteiger partial charge in [-0.05, 0) is 49.2 Å². The van der Waals surface area contributed by atoms with Crippen molar-refractivity contribution in [2.24, 2.45) is 23.7 Å². The maximum Gasteiger partial charge on any atom is 0.416 e. The molecule has 3 aromatic rings. The first-order valence-corrected chi connectivity index (χ1v) is 13.7.